The second-order valence-corrected chi connectivity index (χ2v) is 6.33. The lowest BCUT2D eigenvalue weighted by Gasteiger charge is -2.10. The zero-order valence-electron chi connectivity index (χ0n) is 14.2. The molecular weight excluding hydrogens is 354 g/mol. The molecule has 1 heterocycles. The number of hydrogen-bond donors (Lipinski definition) is 1. The third-order valence-corrected chi connectivity index (χ3v) is 4.43. The van der Waals surface area contributed by atoms with Crippen molar-refractivity contribution in [1.82, 2.24) is 4.90 Å². The van der Waals surface area contributed by atoms with Crippen LogP contribution in [0.25, 0.3) is 12.2 Å². The largest absolute Gasteiger partial charge is 0.503 e. The number of amidine groups is 1. The zero-order chi connectivity index (χ0) is 18.8. The van der Waals surface area contributed by atoms with Crippen molar-refractivity contribution in [3.8, 4) is 5.75 Å². The van der Waals surface area contributed by atoms with Crippen LogP contribution in [-0.2, 0) is 0 Å². The van der Waals surface area contributed by atoms with Crippen LogP contribution in [-0.4, -0.2) is 27.9 Å². The van der Waals surface area contributed by atoms with Crippen molar-refractivity contribution in [2.24, 2.45) is 4.99 Å². The summed E-state index contributed by atoms with van der Waals surface area (Å²) in [5.74, 6) is -2.43. The van der Waals surface area contributed by atoms with Crippen molar-refractivity contribution in [3.05, 3.63) is 76.5 Å². The highest BCUT2D eigenvalue weighted by Crippen LogP contribution is 2.25. The lowest BCUT2D eigenvalue weighted by atomic mass is 10.1. The molecule has 0 atom stereocenters. The molecule has 1 aliphatic rings. The van der Waals surface area contributed by atoms with E-state index < -0.39 is 17.4 Å². The summed E-state index contributed by atoms with van der Waals surface area (Å²) < 4.78 is 27.0. The second kappa shape index (κ2) is 7.17. The first kappa shape index (κ1) is 17.9. The Bertz CT molecular complexity index is 939. The average molecular weight is 370 g/mol. The van der Waals surface area contributed by atoms with Crippen LogP contribution < -0.4 is 0 Å². The summed E-state index contributed by atoms with van der Waals surface area (Å²) in [6, 6.07) is 10.1. The van der Waals surface area contributed by atoms with E-state index >= 15 is 0 Å². The molecule has 0 radical (unpaired) electrons. The molecule has 2 aromatic rings. The summed E-state index contributed by atoms with van der Waals surface area (Å²) in [5, 5.41) is 9.18. The van der Waals surface area contributed by atoms with E-state index in [0.717, 1.165) is 17.7 Å². The molecule has 0 aliphatic carbocycles. The predicted octanol–water partition coefficient (Wildman–Crippen LogP) is 4.70. The van der Waals surface area contributed by atoms with Gasteiger partial charge in [0.25, 0.3) is 0 Å². The fraction of sp³-hybridized carbons (Fsp3) is 0.100. The van der Waals surface area contributed by atoms with E-state index in [-0.39, 0.29) is 5.56 Å². The van der Waals surface area contributed by atoms with Gasteiger partial charge in [0.15, 0.2) is 17.4 Å². The maximum absolute atomic E-state index is 13.5. The Balaban J connectivity index is 1.89. The quantitative estimate of drug-likeness (QED) is 0.628. The third-order valence-electron chi connectivity index (χ3n) is 3.95. The molecule has 0 fully saturated rings. The molecule has 0 spiro atoms. The molecule has 0 saturated heterocycles. The minimum atomic E-state index is -1.03. The molecule has 6 heteroatoms. The molecule has 0 amide bonds. The van der Waals surface area contributed by atoms with Crippen LogP contribution in [0.3, 0.4) is 0 Å². The van der Waals surface area contributed by atoms with Gasteiger partial charge in [0.05, 0.1) is 0 Å². The van der Waals surface area contributed by atoms with Gasteiger partial charge in [-0.3, -0.25) is 0 Å². The van der Waals surface area contributed by atoms with Gasteiger partial charge in [-0.2, -0.15) is 0 Å². The lowest BCUT2D eigenvalue weighted by Crippen LogP contribution is -2.24. The molecule has 132 valence electrons. The summed E-state index contributed by atoms with van der Waals surface area (Å²) in [6.45, 7) is 2.02. The molecule has 0 unspecified atom stereocenters. The molecule has 0 aromatic heterocycles. The molecular formula is C20H16F2N2OS. The van der Waals surface area contributed by atoms with Crippen molar-refractivity contribution < 1.29 is 13.9 Å². The number of likely N-dealkylation sites (N-methyl/N-ethyl adjacent to an activating group) is 1. The number of phenolic OH excluding ortho intramolecular Hbond substituents is 1. The molecule has 3 nitrogen and oxygen atoms in total. The van der Waals surface area contributed by atoms with Crippen molar-refractivity contribution >= 4 is 35.2 Å². The Kier molecular flexibility index (Phi) is 4.95. The van der Waals surface area contributed by atoms with Gasteiger partial charge >= 0.3 is 0 Å². The van der Waals surface area contributed by atoms with Crippen LogP contribution in [0, 0.1) is 18.6 Å². The van der Waals surface area contributed by atoms with Crippen molar-refractivity contribution in [1.29, 1.82) is 0 Å². The second-order valence-electron chi connectivity index (χ2n) is 5.94. The molecule has 26 heavy (non-hydrogen) atoms. The SMILES string of the molecule is Cc1ccc(/C=C/C2=NC(=C\c3cc(F)c(O)c(F)c3)/C(=S)N2C)cc1. The van der Waals surface area contributed by atoms with E-state index in [9.17, 15) is 13.9 Å². The first-order valence-electron chi connectivity index (χ1n) is 7.86. The van der Waals surface area contributed by atoms with E-state index in [1.165, 1.54) is 11.6 Å². The van der Waals surface area contributed by atoms with Crippen molar-refractivity contribution in [3.63, 3.8) is 0 Å². The fourth-order valence-corrected chi connectivity index (χ4v) is 2.64. The smallest absolute Gasteiger partial charge is 0.187 e. The predicted molar refractivity (Wildman–Crippen MR) is 104 cm³/mol. The first-order valence-corrected chi connectivity index (χ1v) is 8.27. The molecule has 1 N–H and O–H groups in total. The number of aliphatic imine (C=N–C) groups is 1. The summed E-state index contributed by atoms with van der Waals surface area (Å²) in [7, 11) is 1.78. The summed E-state index contributed by atoms with van der Waals surface area (Å²) >= 11 is 5.35. The number of phenols is 1. The van der Waals surface area contributed by atoms with Gasteiger partial charge < -0.3 is 10.0 Å². The highest BCUT2D eigenvalue weighted by atomic mass is 32.1. The van der Waals surface area contributed by atoms with Gasteiger partial charge in [-0.1, -0.05) is 48.1 Å². The highest BCUT2D eigenvalue weighted by Gasteiger charge is 2.21. The van der Waals surface area contributed by atoms with Crippen LogP contribution in [0.4, 0.5) is 8.78 Å². The number of aromatic hydroxyl groups is 1. The van der Waals surface area contributed by atoms with E-state index in [2.05, 4.69) is 4.99 Å². The van der Waals surface area contributed by atoms with Gasteiger partial charge in [-0.25, -0.2) is 13.8 Å². The summed E-state index contributed by atoms with van der Waals surface area (Å²) in [6.07, 6.45) is 5.23. The van der Waals surface area contributed by atoms with E-state index in [4.69, 9.17) is 12.2 Å². The molecule has 0 bridgehead atoms. The number of rotatable bonds is 3. The molecule has 2 aromatic carbocycles. The molecule has 3 rings (SSSR count). The van der Waals surface area contributed by atoms with Crippen LogP contribution in [0.15, 0.2) is 53.2 Å². The Hall–Kier alpha value is -2.86. The average Bonchev–Trinajstić information content (AvgIpc) is 2.87. The van der Waals surface area contributed by atoms with Crippen LogP contribution in [0.1, 0.15) is 16.7 Å². The maximum atomic E-state index is 13.5. The number of halogens is 2. The van der Waals surface area contributed by atoms with Gasteiger partial charge in [-0.05, 0) is 42.3 Å². The van der Waals surface area contributed by atoms with Gasteiger partial charge in [0, 0.05) is 7.05 Å². The molecule has 1 aliphatic heterocycles. The van der Waals surface area contributed by atoms with Crippen LogP contribution in [0.2, 0.25) is 0 Å². The number of aryl methyl sites for hydroxylation is 1. The Morgan fingerprint density at radius 3 is 2.27 bits per heavy atom. The fourth-order valence-electron chi connectivity index (χ4n) is 2.44. The molecule has 0 saturated carbocycles. The minimum absolute atomic E-state index is 0.232. The number of thiocarbonyl (C=S) groups is 1. The lowest BCUT2D eigenvalue weighted by molar-refractivity contribution is 0.396. The van der Waals surface area contributed by atoms with Gasteiger partial charge in [0.1, 0.15) is 16.5 Å². The highest BCUT2D eigenvalue weighted by molar-refractivity contribution is 7.80. The monoisotopic (exact) mass is 370 g/mol. The standard InChI is InChI=1S/C20H16F2N2OS/c1-12-3-5-13(6-4-12)7-8-18-23-17(20(26)24(18)2)11-14-9-15(21)19(25)16(22)10-14/h3-11,25H,1-2H3/b8-7+,17-11-. The number of benzene rings is 2. The van der Waals surface area contributed by atoms with Crippen molar-refractivity contribution in [2.45, 2.75) is 6.92 Å². The van der Waals surface area contributed by atoms with Crippen LogP contribution >= 0.6 is 12.2 Å². The van der Waals surface area contributed by atoms with Crippen LogP contribution in [0.5, 0.6) is 5.75 Å². The zero-order valence-corrected chi connectivity index (χ0v) is 15.0. The normalized spacial score (nSPS) is 16.0. The van der Waals surface area contributed by atoms with E-state index in [0.29, 0.717) is 16.5 Å². The Labute approximate surface area is 155 Å². The summed E-state index contributed by atoms with van der Waals surface area (Å²) in [5.41, 5.74) is 2.86. The minimum Gasteiger partial charge on any atom is -0.503 e. The number of hydrogen-bond acceptors (Lipinski definition) is 3. The Morgan fingerprint density at radius 2 is 1.65 bits per heavy atom. The first-order chi connectivity index (χ1) is 12.3. The Morgan fingerprint density at radius 1 is 1.04 bits per heavy atom. The maximum Gasteiger partial charge on any atom is 0.187 e. The van der Waals surface area contributed by atoms with Crippen molar-refractivity contribution in [2.75, 3.05) is 7.05 Å². The topological polar surface area (TPSA) is 35.8 Å². The van der Waals surface area contributed by atoms with E-state index in [1.807, 2.05) is 43.3 Å². The summed E-state index contributed by atoms with van der Waals surface area (Å²) in [4.78, 5) is 6.60. The van der Waals surface area contributed by atoms with E-state index in [1.54, 1.807) is 11.9 Å². The number of nitrogens with zero attached hydrogens (tertiary/aromatic N) is 2. The van der Waals surface area contributed by atoms with Gasteiger partial charge in [0.2, 0.25) is 0 Å². The van der Waals surface area contributed by atoms with Gasteiger partial charge in [-0.15, -0.1) is 0 Å². The third kappa shape index (κ3) is 3.70.